The van der Waals surface area contributed by atoms with Gasteiger partial charge in [-0.2, -0.15) is 0 Å². The second kappa shape index (κ2) is 3.56. The first-order valence-electron chi connectivity index (χ1n) is 4.82. The lowest BCUT2D eigenvalue weighted by Gasteiger charge is -2.16. The molecule has 1 saturated carbocycles. The Hall–Kier alpha value is -1.42. The minimum Gasteiger partial charge on any atom is -0.508 e. The van der Waals surface area contributed by atoms with Gasteiger partial charge in [0.05, 0.1) is 17.5 Å². The molecule has 0 saturated heterocycles. The molecular formula is C11H11ClO4. The first kappa shape index (κ1) is 11.1. The number of phenols is 1. The predicted molar refractivity (Wildman–Crippen MR) is 58.2 cm³/mol. The van der Waals surface area contributed by atoms with Crippen molar-refractivity contribution in [3.63, 3.8) is 0 Å². The maximum absolute atomic E-state index is 11.2. The highest BCUT2D eigenvalue weighted by molar-refractivity contribution is 6.33. The average Bonchev–Trinajstić information content (AvgIpc) is 2.99. The average molecular weight is 243 g/mol. The highest BCUT2D eigenvalue weighted by Gasteiger charge is 2.54. The minimum atomic E-state index is -1.03. The second-order valence-corrected chi connectivity index (χ2v) is 4.24. The number of aliphatic carboxylic acids is 1. The number of halogens is 1. The summed E-state index contributed by atoms with van der Waals surface area (Å²) in [7, 11) is 1.45. The Kier molecular flexibility index (Phi) is 2.46. The molecule has 1 aliphatic rings. The SMILES string of the molecule is COc1ccc(O)c(C2(C(=O)O)CC2)c1Cl. The number of rotatable bonds is 3. The lowest BCUT2D eigenvalue weighted by molar-refractivity contribution is -0.140. The van der Waals surface area contributed by atoms with Crippen molar-refractivity contribution in [2.24, 2.45) is 0 Å². The molecule has 0 heterocycles. The largest absolute Gasteiger partial charge is 0.508 e. The Morgan fingerprint density at radius 3 is 2.56 bits per heavy atom. The summed E-state index contributed by atoms with van der Waals surface area (Å²) in [5.41, 5.74) is -0.767. The monoisotopic (exact) mass is 242 g/mol. The zero-order chi connectivity index (χ0) is 11.9. The van der Waals surface area contributed by atoms with Crippen LogP contribution in [0.25, 0.3) is 0 Å². The molecular weight excluding hydrogens is 232 g/mol. The van der Waals surface area contributed by atoms with E-state index in [9.17, 15) is 9.90 Å². The van der Waals surface area contributed by atoms with Crippen LogP contribution in [0.15, 0.2) is 12.1 Å². The normalized spacial score (nSPS) is 16.9. The van der Waals surface area contributed by atoms with E-state index in [4.69, 9.17) is 21.4 Å². The summed E-state index contributed by atoms with van der Waals surface area (Å²) in [4.78, 5) is 11.2. The van der Waals surface area contributed by atoms with Gasteiger partial charge in [-0.25, -0.2) is 0 Å². The summed E-state index contributed by atoms with van der Waals surface area (Å²) in [6, 6.07) is 2.92. The third-order valence-corrected chi connectivity index (χ3v) is 3.32. The lowest BCUT2D eigenvalue weighted by atomic mass is 9.95. The number of hydrogen-bond donors (Lipinski definition) is 2. The molecule has 0 amide bonds. The number of benzene rings is 1. The van der Waals surface area contributed by atoms with Crippen molar-refractivity contribution >= 4 is 17.6 Å². The van der Waals surface area contributed by atoms with Gasteiger partial charge in [-0.05, 0) is 25.0 Å². The van der Waals surface area contributed by atoms with Crippen molar-refractivity contribution in [1.82, 2.24) is 0 Å². The van der Waals surface area contributed by atoms with E-state index in [1.54, 1.807) is 0 Å². The van der Waals surface area contributed by atoms with Crippen molar-refractivity contribution in [3.05, 3.63) is 22.7 Å². The van der Waals surface area contributed by atoms with Gasteiger partial charge in [-0.1, -0.05) is 11.6 Å². The fraction of sp³-hybridized carbons (Fsp3) is 0.364. The molecule has 4 nitrogen and oxygen atoms in total. The van der Waals surface area contributed by atoms with Gasteiger partial charge >= 0.3 is 5.97 Å². The Morgan fingerprint density at radius 2 is 2.12 bits per heavy atom. The van der Waals surface area contributed by atoms with Gasteiger partial charge in [0.25, 0.3) is 0 Å². The molecule has 0 aliphatic heterocycles. The Balaban J connectivity index is 2.60. The highest BCUT2D eigenvalue weighted by Crippen LogP contribution is 2.55. The zero-order valence-electron chi connectivity index (χ0n) is 8.66. The molecule has 2 N–H and O–H groups in total. The molecule has 86 valence electrons. The third kappa shape index (κ3) is 1.41. The second-order valence-electron chi connectivity index (χ2n) is 3.86. The Morgan fingerprint density at radius 1 is 1.50 bits per heavy atom. The number of ether oxygens (including phenoxy) is 1. The van der Waals surface area contributed by atoms with Gasteiger partial charge in [0.15, 0.2) is 0 Å². The molecule has 0 bridgehead atoms. The number of aromatic hydroxyl groups is 1. The number of hydrogen-bond acceptors (Lipinski definition) is 3. The van der Waals surface area contributed by atoms with Crippen LogP contribution in [0.4, 0.5) is 0 Å². The summed E-state index contributed by atoms with van der Waals surface area (Å²) >= 11 is 6.03. The summed E-state index contributed by atoms with van der Waals surface area (Å²) in [5.74, 6) is -0.675. The van der Waals surface area contributed by atoms with Crippen molar-refractivity contribution in [2.45, 2.75) is 18.3 Å². The number of carboxylic acids is 1. The van der Waals surface area contributed by atoms with Gasteiger partial charge in [-0.3, -0.25) is 4.79 Å². The first-order valence-corrected chi connectivity index (χ1v) is 5.20. The van der Waals surface area contributed by atoms with E-state index in [1.165, 1.54) is 19.2 Å². The van der Waals surface area contributed by atoms with Gasteiger partial charge in [0.2, 0.25) is 0 Å². The summed E-state index contributed by atoms with van der Waals surface area (Å²) in [6.07, 6.45) is 0.978. The summed E-state index contributed by atoms with van der Waals surface area (Å²) < 4.78 is 5.01. The molecule has 0 aromatic heterocycles. The van der Waals surface area contributed by atoms with Crippen molar-refractivity contribution in [2.75, 3.05) is 7.11 Å². The topological polar surface area (TPSA) is 66.8 Å². The Labute approximate surface area is 97.4 Å². The van der Waals surface area contributed by atoms with Crippen LogP contribution < -0.4 is 4.74 Å². The van der Waals surface area contributed by atoms with E-state index >= 15 is 0 Å². The van der Waals surface area contributed by atoms with Gasteiger partial charge < -0.3 is 14.9 Å². The molecule has 16 heavy (non-hydrogen) atoms. The van der Waals surface area contributed by atoms with Crippen LogP contribution in [-0.2, 0) is 10.2 Å². The van der Waals surface area contributed by atoms with Crippen molar-refractivity contribution < 1.29 is 19.7 Å². The van der Waals surface area contributed by atoms with Crippen molar-refractivity contribution in [3.8, 4) is 11.5 Å². The van der Waals surface area contributed by atoms with Crippen molar-refractivity contribution in [1.29, 1.82) is 0 Å². The van der Waals surface area contributed by atoms with E-state index in [0.29, 0.717) is 18.6 Å². The third-order valence-electron chi connectivity index (χ3n) is 2.94. The molecule has 5 heteroatoms. The van der Waals surface area contributed by atoms with E-state index in [-0.39, 0.29) is 16.3 Å². The lowest BCUT2D eigenvalue weighted by Crippen LogP contribution is -2.20. The maximum atomic E-state index is 11.2. The fourth-order valence-corrected chi connectivity index (χ4v) is 2.27. The predicted octanol–water partition coefficient (Wildman–Crippen LogP) is 2.17. The number of phenolic OH excluding ortho intramolecular Hbond substituents is 1. The van der Waals surface area contributed by atoms with Gasteiger partial charge in [-0.15, -0.1) is 0 Å². The standard InChI is InChI=1S/C11H11ClO4/c1-16-7-3-2-6(13)8(9(7)12)11(4-5-11)10(14)15/h2-3,13H,4-5H2,1H3,(H,14,15). The molecule has 0 atom stereocenters. The molecule has 1 aromatic rings. The molecule has 0 unspecified atom stereocenters. The molecule has 0 spiro atoms. The Bertz CT molecular complexity index is 452. The van der Waals surface area contributed by atoms with Crippen LogP contribution in [0, 0.1) is 0 Å². The van der Waals surface area contributed by atoms with Crippen LogP contribution in [0.5, 0.6) is 11.5 Å². The quantitative estimate of drug-likeness (QED) is 0.853. The molecule has 0 radical (unpaired) electrons. The van der Waals surface area contributed by atoms with E-state index in [0.717, 1.165) is 0 Å². The van der Waals surface area contributed by atoms with Crippen LogP contribution >= 0.6 is 11.6 Å². The minimum absolute atomic E-state index is 0.0919. The highest BCUT2D eigenvalue weighted by atomic mass is 35.5. The number of methoxy groups -OCH3 is 1. The van der Waals surface area contributed by atoms with Crippen LogP contribution in [0.1, 0.15) is 18.4 Å². The molecule has 1 aliphatic carbocycles. The number of carboxylic acid groups (broad SMARTS) is 1. The summed E-state index contributed by atoms with van der Waals surface area (Å²) in [6.45, 7) is 0. The summed E-state index contributed by atoms with van der Waals surface area (Å²) in [5, 5.41) is 19.1. The van der Waals surface area contributed by atoms with E-state index < -0.39 is 11.4 Å². The molecule has 1 fully saturated rings. The van der Waals surface area contributed by atoms with E-state index in [1.807, 2.05) is 0 Å². The van der Waals surface area contributed by atoms with Gasteiger partial charge in [0, 0.05) is 5.56 Å². The maximum Gasteiger partial charge on any atom is 0.314 e. The number of carbonyl (C=O) groups is 1. The first-order chi connectivity index (χ1) is 7.53. The smallest absolute Gasteiger partial charge is 0.314 e. The fourth-order valence-electron chi connectivity index (χ4n) is 1.86. The molecule has 2 rings (SSSR count). The van der Waals surface area contributed by atoms with Crippen LogP contribution in [0.3, 0.4) is 0 Å². The van der Waals surface area contributed by atoms with E-state index in [2.05, 4.69) is 0 Å². The van der Waals surface area contributed by atoms with Crippen LogP contribution in [-0.4, -0.2) is 23.3 Å². The van der Waals surface area contributed by atoms with Crippen LogP contribution in [0.2, 0.25) is 5.02 Å². The molecule has 1 aromatic carbocycles. The zero-order valence-corrected chi connectivity index (χ0v) is 9.41. The van der Waals surface area contributed by atoms with Gasteiger partial charge in [0.1, 0.15) is 11.5 Å².